The molecule has 1 aromatic heterocycles. The van der Waals surface area contributed by atoms with Gasteiger partial charge in [0.15, 0.2) is 5.82 Å². The Morgan fingerprint density at radius 3 is 2.59 bits per heavy atom. The highest BCUT2D eigenvalue weighted by atomic mass is 19.1. The average molecular weight is 393 g/mol. The molecule has 0 aliphatic carbocycles. The number of carbonyl (C=O) groups is 1. The molecule has 2 heterocycles. The van der Waals surface area contributed by atoms with Crippen molar-refractivity contribution >= 4 is 17.4 Å². The number of aromatic amines is 1. The van der Waals surface area contributed by atoms with Gasteiger partial charge in [-0.15, -0.1) is 0 Å². The number of hydrogen-bond donors (Lipinski definition) is 2. The van der Waals surface area contributed by atoms with E-state index in [2.05, 4.69) is 20.4 Å². The monoisotopic (exact) mass is 393 g/mol. The molecule has 2 aromatic carbocycles. The van der Waals surface area contributed by atoms with Crippen LogP contribution in [0.15, 0.2) is 54.6 Å². The van der Waals surface area contributed by atoms with Crippen molar-refractivity contribution in [2.75, 3.05) is 37.0 Å². The summed E-state index contributed by atoms with van der Waals surface area (Å²) in [5.41, 5.74) is 3.44. The van der Waals surface area contributed by atoms with E-state index in [0.717, 1.165) is 35.7 Å². The number of anilines is 2. The van der Waals surface area contributed by atoms with Gasteiger partial charge < -0.3 is 15.1 Å². The fourth-order valence-electron chi connectivity index (χ4n) is 3.52. The number of hydrogen-bond acceptors (Lipinski definition) is 4. The first-order valence-electron chi connectivity index (χ1n) is 9.64. The van der Waals surface area contributed by atoms with Gasteiger partial charge in [-0.25, -0.2) is 4.39 Å². The molecule has 3 aromatic rings. The standard InChI is InChI=1S/C22H24FN5O/c1-27(2)19-9-5-16(6-10-19)22(29)24-18-11-12-28(14-18)21-13-20(25-26-21)15-3-7-17(23)8-4-15/h3-10,13,18H,11-12,14H2,1-2H3,(H,24,29)(H,25,26). The number of benzene rings is 2. The Kier molecular flexibility index (Phi) is 5.20. The first-order valence-corrected chi connectivity index (χ1v) is 9.64. The SMILES string of the molecule is CN(C)c1ccc(C(=O)NC2CCN(c3cc(-c4ccc(F)cc4)[nH]n3)C2)cc1. The number of carbonyl (C=O) groups excluding carboxylic acids is 1. The van der Waals surface area contributed by atoms with Crippen LogP contribution in [0.3, 0.4) is 0 Å². The van der Waals surface area contributed by atoms with Gasteiger partial charge in [-0.2, -0.15) is 5.10 Å². The average Bonchev–Trinajstić information content (AvgIpc) is 3.38. The third-order valence-electron chi connectivity index (χ3n) is 5.21. The van der Waals surface area contributed by atoms with Gasteiger partial charge in [0.05, 0.1) is 5.69 Å². The van der Waals surface area contributed by atoms with Crippen LogP contribution in [0.25, 0.3) is 11.3 Å². The minimum Gasteiger partial charge on any atom is -0.378 e. The Morgan fingerprint density at radius 1 is 1.17 bits per heavy atom. The van der Waals surface area contributed by atoms with Gasteiger partial charge in [0.1, 0.15) is 5.82 Å². The maximum absolute atomic E-state index is 13.1. The van der Waals surface area contributed by atoms with Gasteiger partial charge in [0.25, 0.3) is 5.91 Å². The number of aromatic nitrogens is 2. The predicted molar refractivity (Wildman–Crippen MR) is 113 cm³/mol. The van der Waals surface area contributed by atoms with Crippen molar-refractivity contribution in [3.63, 3.8) is 0 Å². The number of nitrogens with zero attached hydrogens (tertiary/aromatic N) is 3. The number of halogens is 1. The zero-order chi connectivity index (χ0) is 20.4. The van der Waals surface area contributed by atoms with Gasteiger partial charge in [0.2, 0.25) is 0 Å². The highest BCUT2D eigenvalue weighted by molar-refractivity contribution is 5.94. The van der Waals surface area contributed by atoms with Crippen LogP contribution in [0.1, 0.15) is 16.8 Å². The van der Waals surface area contributed by atoms with Crippen LogP contribution >= 0.6 is 0 Å². The van der Waals surface area contributed by atoms with E-state index in [0.29, 0.717) is 12.1 Å². The molecule has 1 aliphatic heterocycles. The molecule has 1 atom stereocenters. The Bertz CT molecular complexity index is 981. The second-order valence-corrected chi connectivity index (χ2v) is 7.49. The number of nitrogens with one attached hydrogen (secondary N) is 2. The topological polar surface area (TPSA) is 64.3 Å². The first kappa shape index (κ1) is 19.0. The van der Waals surface area contributed by atoms with Crippen molar-refractivity contribution in [3.8, 4) is 11.3 Å². The van der Waals surface area contributed by atoms with E-state index >= 15 is 0 Å². The summed E-state index contributed by atoms with van der Waals surface area (Å²) in [6.45, 7) is 1.52. The minimum absolute atomic E-state index is 0.0591. The molecule has 1 unspecified atom stereocenters. The largest absolute Gasteiger partial charge is 0.378 e. The van der Waals surface area contributed by atoms with Crippen LogP contribution < -0.4 is 15.1 Å². The molecule has 7 heteroatoms. The van der Waals surface area contributed by atoms with Crippen molar-refractivity contribution in [3.05, 3.63) is 66.0 Å². The van der Waals surface area contributed by atoms with Crippen molar-refractivity contribution < 1.29 is 9.18 Å². The summed E-state index contributed by atoms with van der Waals surface area (Å²) in [7, 11) is 3.94. The van der Waals surface area contributed by atoms with Crippen molar-refractivity contribution in [2.45, 2.75) is 12.5 Å². The predicted octanol–water partition coefficient (Wildman–Crippen LogP) is 3.29. The van der Waals surface area contributed by atoms with Gasteiger partial charge in [-0.1, -0.05) is 0 Å². The molecule has 0 spiro atoms. The van der Waals surface area contributed by atoms with Crippen LogP contribution in [0.4, 0.5) is 15.9 Å². The Balaban J connectivity index is 1.36. The van der Waals surface area contributed by atoms with E-state index in [4.69, 9.17) is 0 Å². The third kappa shape index (κ3) is 4.23. The van der Waals surface area contributed by atoms with Gasteiger partial charge in [-0.3, -0.25) is 9.89 Å². The van der Waals surface area contributed by atoms with Gasteiger partial charge in [0, 0.05) is 50.5 Å². The summed E-state index contributed by atoms with van der Waals surface area (Å²) in [6.07, 6.45) is 0.861. The Labute approximate surface area is 169 Å². The lowest BCUT2D eigenvalue weighted by Crippen LogP contribution is -2.37. The van der Waals surface area contributed by atoms with Crippen molar-refractivity contribution in [2.24, 2.45) is 0 Å². The van der Waals surface area contributed by atoms with E-state index in [1.807, 2.05) is 49.3 Å². The molecule has 0 radical (unpaired) electrons. The maximum Gasteiger partial charge on any atom is 0.251 e. The maximum atomic E-state index is 13.1. The molecule has 0 bridgehead atoms. The Morgan fingerprint density at radius 2 is 1.90 bits per heavy atom. The molecule has 0 saturated carbocycles. The molecule has 1 aliphatic rings. The Hall–Kier alpha value is -3.35. The lowest BCUT2D eigenvalue weighted by atomic mass is 10.1. The molecule has 1 amide bonds. The summed E-state index contributed by atoms with van der Waals surface area (Å²) in [5, 5.41) is 10.5. The quantitative estimate of drug-likeness (QED) is 0.698. The highest BCUT2D eigenvalue weighted by Crippen LogP contribution is 2.25. The molecular formula is C22H24FN5O. The summed E-state index contributed by atoms with van der Waals surface area (Å²) < 4.78 is 13.1. The van der Waals surface area contributed by atoms with E-state index < -0.39 is 0 Å². The summed E-state index contributed by atoms with van der Waals surface area (Å²) in [5.74, 6) is 0.510. The molecule has 29 heavy (non-hydrogen) atoms. The zero-order valence-electron chi connectivity index (χ0n) is 16.5. The number of rotatable bonds is 5. The second-order valence-electron chi connectivity index (χ2n) is 7.49. The molecule has 2 N–H and O–H groups in total. The fraction of sp³-hybridized carbons (Fsp3) is 0.273. The van der Waals surface area contributed by atoms with Crippen molar-refractivity contribution in [1.29, 1.82) is 0 Å². The molecule has 150 valence electrons. The summed E-state index contributed by atoms with van der Waals surface area (Å²) in [4.78, 5) is 16.7. The fourth-order valence-corrected chi connectivity index (χ4v) is 3.52. The second kappa shape index (κ2) is 7.95. The minimum atomic E-state index is -0.261. The molecule has 4 rings (SSSR count). The van der Waals surface area contributed by atoms with Crippen LogP contribution in [-0.2, 0) is 0 Å². The van der Waals surface area contributed by atoms with E-state index in [1.165, 1.54) is 12.1 Å². The van der Waals surface area contributed by atoms with Gasteiger partial charge >= 0.3 is 0 Å². The summed E-state index contributed by atoms with van der Waals surface area (Å²) >= 11 is 0. The first-order chi connectivity index (χ1) is 14.0. The molecule has 1 fully saturated rings. The van der Waals surface area contributed by atoms with E-state index in [-0.39, 0.29) is 17.8 Å². The van der Waals surface area contributed by atoms with Gasteiger partial charge in [-0.05, 0) is 60.5 Å². The third-order valence-corrected chi connectivity index (χ3v) is 5.21. The van der Waals surface area contributed by atoms with E-state index in [1.54, 1.807) is 12.1 Å². The van der Waals surface area contributed by atoms with Crippen LogP contribution in [0.2, 0.25) is 0 Å². The normalized spacial score (nSPS) is 16.1. The van der Waals surface area contributed by atoms with Crippen molar-refractivity contribution in [1.82, 2.24) is 15.5 Å². The molecule has 1 saturated heterocycles. The number of amides is 1. The highest BCUT2D eigenvalue weighted by Gasteiger charge is 2.26. The summed E-state index contributed by atoms with van der Waals surface area (Å²) in [6, 6.07) is 15.9. The smallest absolute Gasteiger partial charge is 0.251 e. The zero-order valence-corrected chi connectivity index (χ0v) is 16.5. The van der Waals surface area contributed by atoms with E-state index in [9.17, 15) is 9.18 Å². The molecule has 6 nitrogen and oxygen atoms in total. The number of H-pyrrole nitrogens is 1. The lowest BCUT2D eigenvalue weighted by molar-refractivity contribution is 0.0940. The lowest BCUT2D eigenvalue weighted by Gasteiger charge is -2.16. The van der Waals surface area contributed by atoms with Crippen LogP contribution in [0, 0.1) is 5.82 Å². The van der Waals surface area contributed by atoms with Crippen LogP contribution in [-0.4, -0.2) is 49.3 Å². The molecular weight excluding hydrogens is 369 g/mol. The van der Waals surface area contributed by atoms with Crippen LogP contribution in [0.5, 0.6) is 0 Å².